The molecule has 3 aromatic rings. The van der Waals surface area contributed by atoms with Gasteiger partial charge >= 0.3 is 0 Å². The minimum absolute atomic E-state index is 0.0551. The Kier molecular flexibility index (Phi) is 3.08. The average Bonchev–Trinajstić information content (AvgIpc) is 2.58. The highest BCUT2D eigenvalue weighted by atomic mass is 16.3. The van der Waals surface area contributed by atoms with Crippen LogP contribution in [0.15, 0.2) is 48.5 Å². The number of Topliss-reactive ketones (excluding diaryl/α,β-unsaturated/α-hetero) is 1. The largest absolute Gasteiger partial charge is 0.507 e. The number of carbonyl (C=O) groups excluding carboxylic acids is 1. The summed E-state index contributed by atoms with van der Waals surface area (Å²) in [5, 5.41) is 22.7. The number of hydrogen-bond acceptors (Lipinski definition) is 3. The molecule has 0 heterocycles. The van der Waals surface area contributed by atoms with Gasteiger partial charge in [-0.05, 0) is 17.5 Å². The van der Waals surface area contributed by atoms with Crippen molar-refractivity contribution in [2.75, 3.05) is 0 Å². The highest BCUT2D eigenvalue weighted by Crippen LogP contribution is 2.44. The van der Waals surface area contributed by atoms with E-state index in [0.29, 0.717) is 41.2 Å². The Labute approximate surface area is 133 Å². The number of carbonyl (C=O) groups is 1. The molecule has 0 saturated heterocycles. The first-order valence-electron chi connectivity index (χ1n) is 7.72. The van der Waals surface area contributed by atoms with Gasteiger partial charge in [0.1, 0.15) is 11.5 Å². The summed E-state index contributed by atoms with van der Waals surface area (Å²) in [5.74, 6) is -0.0573. The number of phenols is 2. The third kappa shape index (κ3) is 2.08. The van der Waals surface area contributed by atoms with Gasteiger partial charge in [-0.2, -0.15) is 0 Å². The van der Waals surface area contributed by atoms with Crippen molar-refractivity contribution in [3.8, 4) is 11.5 Å². The molecule has 4 rings (SSSR count). The Hall–Kier alpha value is -2.81. The van der Waals surface area contributed by atoms with Crippen LogP contribution in [0.2, 0.25) is 0 Å². The predicted molar refractivity (Wildman–Crippen MR) is 89.2 cm³/mol. The van der Waals surface area contributed by atoms with Gasteiger partial charge in [0.25, 0.3) is 0 Å². The Bertz CT molecular complexity index is 927. The van der Waals surface area contributed by atoms with Crippen LogP contribution in [0, 0.1) is 0 Å². The summed E-state index contributed by atoms with van der Waals surface area (Å²) in [6, 6.07) is 15.3. The molecule has 0 fully saturated rings. The van der Waals surface area contributed by atoms with Gasteiger partial charge in [0.05, 0.1) is 5.56 Å². The molecule has 0 amide bonds. The second kappa shape index (κ2) is 5.13. The third-order valence-electron chi connectivity index (χ3n) is 4.59. The van der Waals surface area contributed by atoms with Crippen molar-refractivity contribution in [1.29, 1.82) is 0 Å². The molecule has 3 aromatic carbocycles. The number of ketones is 1. The minimum Gasteiger partial charge on any atom is -0.507 e. The van der Waals surface area contributed by atoms with E-state index in [1.54, 1.807) is 0 Å². The molecule has 0 radical (unpaired) electrons. The molecule has 3 heteroatoms. The lowest BCUT2D eigenvalue weighted by Gasteiger charge is -2.21. The highest BCUT2D eigenvalue weighted by Gasteiger charge is 2.27. The van der Waals surface area contributed by atoms with Crippen molar-refractivity contribution < 1.29 is 15.0 Å². The molecule has 0 saturated carbocycles. The number of phenolic OH excluding ortho intramolecular Hbond substituents is 2. The predicted octanol–water partition coefficient (Wildman–Crippen LogP) is 3.97. The van der Waals surface area contributed by atoms with Gasteiger partial charge in [-0.15, -0.1) is 0 Å². The third-order valence-corrected chi connectivity index (χ3v) is 4.59. The molecule has 1 aliphatic rings. The van der Waals surface area contributed by atoms with Crippen molar-refractivity contribution in [2.24, 2.45) is 0 Å². The van der Waals surface area contributed by atoms with Crippen LogP contribution < -0.4 is 0 Å². The molecular formula is C20H16O3. The molecule has 0 aliphatic heterocycles. The quantitative estimate of drug-likeness (QED) is 0.753. The van der Waals surface area contributed by atoms with E-state index in [1.807, 2.05) is 48.5 Å². The van der Waals surface area contributed by atoms with Crippen LogP contribution in [0.1, 0.15) is 33.5 Å². The second-order valence-electron chi connectivity index (χ2n) is 5.98. The van der Waals surface area contributed by atoms with Crippen molar-refractivity contribution in [2.45, 2.75) is 19.3 Å². The molecule has 114 valence electrons. The molecule has 1 aliphatic carbocycles. The van der Waals surface area contributed by atoms with Crippen LogP contribution in [0.25, 0.3) is 10.8 Å². The first kappa shape index (κ1) is 13.8. The van der Waals surface area contributed by atoms with Gasteiger partial charge in [-0.25, -0.2) is 0 Å². The van der Waals surface area contributed by atoms with E-state index >= 15 is 0 Å². The molecule has 0 atom stereocenters. The molecule has 2 N–H and O–H groups in total. The molecular weight excluding hydrogens is 288 g/mol. The summed E-state index contributed by atoms with van der Waals surface area (Å²) in [5.41, 5.74) is 2.77. The van der Waals surface area contributed by atoms with Gasteiger partial charge in [-0.3, -0.25) is 4.79 Å². The maximum atomic E-state index is 12.4. The Morgan fingerprint density at radius 3 is 2.43 bits per heavy atom. The van der Waals surface area contributed by atoms with E-state index in [-0.39, 0.29) is 17.3 Å². The molecule has 0 unspecified atom stereocenters. The summed E-state index contributed by atoms with van der Waals surface area (Å²) in [6.45, 7) is 0. The first-order chi connectivity index (χ1) is 11.2. The lowest BCUT2D eigenvalue weighted by Crippen LogP contribution is -2.11. The van der Waals surface area contributed by atoms with Gasteiger partial charge in [0, 0.05) is 29.2 Å². The lowest BCUT2D eigenvalue weighted by atomic mass is 9.84. The Morgan fingerprint density at radius 2 is 1.65 bits per heavy atom. The molecule has 0 spiro atoms. The van der Waals surface area contributed by atoms with Crippen LogP contribution >= 0.6 is 0 Å². The zero-order valence-electron chi connectivity index (χ0n) is 12.5. The number of benzene rings is 3. The molecule has 0 bridgehead atoms. The summed E-state index contributed by atoms with van der Waals surface area (Å²) >= 11 is 0. The zero-order chi connectivity index (χ0) is 16.0. The number of rotatable bonds is 2. The minimum atomic E-state index is -0.0731. The van der Waals surface area contributed by atoms with Crippen LogP contribution in [0.4, 0.5) is 0 Å². The summed E-state index contributed by atoms with van der Waals surface area (Å²) in [7, 11) is 0. The summed E-state index contributed by atoms with van der Waals surface area (Å²) in [6.07, 6.45) is 1.44. The topological polar surface area (TPSA) is 57.5 Å². The van der Waals surface area contributed by atoms with Crippen LogP contribution in [0.3, 0.4) is 0 Å². The molecule has 23 heavy (non-hydrogen) atoms. The fraction of sp³-hybridized carbons (Fsp3) is 0.150. The lowest BCUT2D eigenvalue weighted by molar-refractivity contribution is 0.0979. The van der Waals surface area contributed by atoms with Crippen molar-refractivity contribution >= 4 is 16.6 Å². The van der Waals surface area contributed by atoms with E-state index in [0.717, 1.165) is 11.1 Å². The fourth-order valence-electron chi connectivity index (χ4n) is 3.46. The van der Waals surface area contributed by atoms with E-state index in [9.17, 15) is 15.0 Å². The van der Waals surface area contributed by atoms with E-state index in [1.165, 1.54) is 0 Å². The number of aromatic hydroxyl groups is 2. The Balaban J connectivity index is 2.01. The van der Waals surface area contributed by atoms with Crippen molar-refractivity contribution in [1.82, 2.24) is 0 Å². The number of aryl methyl sites for hydroxylation is 1. The first-order valence-corrected chi connectivity index (χ1v) is 7.72. The fourth-order valence-corrected chi connectivity index (χ4v) is 3.46. The maximum Gasteiger partial charge on any atom is 0.167 e. The Morgan fingerprint density at radius 1 is 0.870 bits per heavy atom. The smallest absolute Gasteiger partial charge is 0.167 e. The average molecular weight is 304 g/mol. The van der Waals surface area contributed by atoms with E-state index in [2.05, 4.69) is 0 Å². The maximum absolute atomic E-state index is 12.4. The SMILES string of the molecule is O=C1CCc2cccc3c(O)c(Cc4ccccc4)c(O)c1c23. The van der Waals surface area contributed by atoms with Gasteiger partial charge in [0.2, 0.25) is 0 Å². The molecule has 0 aromatic heterocycles. The summed E-state index contributed by atoms with van der Waals surface area (Å²) in [4.78, 5) is 12.4. The van der Waals surface area contributed by atoms with Gasteiger partial charge in [0.15, 0.2) is 5.78 Å². The standard InChI is InChI=1S/C20H16O3/c21-16-10-9-13-7-4-8-14-17(13)18(16)20(23)15(19(14)22)11-12-5-2-1-3-6-12/h1-8,22-23H,9-11H2. The normalized spacial score (nSPS) is 13.5. The highest BCUT2D eigenvalue weighted by molar-refractivity contribution is 6.15. The number of hydrogen-bond donors (Lipinski definition) is 2. The summed E-state index contributed by atoms with van der Waals surface area (Å²) < 4.78 is 0. The molecule has 3 nitrogen and oxygen atoms in total. The van der Waals surface area contributed by atoms with Gasteiger partial charge < -0.3 is 10.2 Å². The van der Waals surface area contributed by atoms with Crippen molar-refractivity contribution in [3.63, 3.8) is 0 Å². The zero-order valence-corrected chi connectivity index (χ0v) is 12.5. The van der Waals surface area contributed by atoms with Crippen LogP contribution in [-0.2, 0) is 12.8 Å². The monoisotopic (exact) mass is 304 g/mol. The van der Waals surface area contributed by atoms with E-state index in [4.69, 9.17) is 0 Å². The van der Waals surface area contributed by atoms with Crippen LogP contribution in [-0.4, -0.2) is 16.0 Å². The second-order valence-corrected chi connectivity index (χ2v) is 5.98. The van der Waals surface area contributed by atoms with E-state index < -0.39 is 0 Å². The van der Waals surface area contributed by atoms with Crippen LogP contribution in [0.5, 0.6) is 11.5 Å². The van der Waals surface area contributed by atoms with Gasteiger partial charge in [-0.1, -0.05) is 48.5 Å². The van der Waals surface area contributed by atoms with Crippen molar-refractivity contribution in [3.05, 3.63) is 70.8 Å².